The first-order valence-corrected chi connectivity index (χ1v) is 5.90. The molecule has 0 saturated heterocycles. The van der Waals surface area contributed by atoms with Crippen molar-refractivity contribution in [2.24, 2.45) is 0 Å². The van der Waals surface area contributed by atoms with Crippen LogP contribution in [0.5, 0.6) is 0 Å². The molecule has 1 heterocycles. The molecule has 0 aliphatic carbocycles. The minimum Gasteiger partial charge on any atom is -0.382 e. The quantitative estimate of drug-likeness (QED) is 0.623. The van der Waals surface area contributed by atoms with Crippen LogP contribution in [0.2, 0.25) is 0 Å². The first-order chi connectivity index (χ1) is 7.22. The molecule has 0 unspecified atom stereocenters. The van der Waals surface area contributed by atoms with E-state index >= 15 is 0 Å². The van der Waals surface area contributed by atoms with E-state index in [1.165, 1.54) is 0 Å². The minimum atomic E-state index is 0.294. The Labute approximate surface area is 93.9 Å². The van der Waals surface area contributed by atoms with Gasteiger partial charge >= 0.3 is 0 Å². The summed E-state index contributed by atoms with van der Waals surface area (Å²) in [4.78, 5) is 8.41. The standard InChI is InChI=1S/C10H14N4S/c1-3-5-15-10-13-8(4-2)7(6-11)9(12)14-10/h3-5H2,1-2H3,(H2,12,13,14). The normalized spacial score (nSPS) is 9.93. The summed E-state index contributed by atoms with van der Waals surface area (Å²) in [7, 11) is 0. The lowest BCUT2D eigenvalue weighted by Crippen LogP contribution is -2.04. The van der Waals surface area contributed by atoms with Crippen LogP contribution in [0.25, 0.3) is 0 Å². The van der Waals surface area contributed by atoms with E-state index < -0.39 is 0 Å². The summed E-state index contributed by atoms with van der Waals surface area (Å²) in [5.41, 5.74) is 6.85. The zero-order chi connectivity index (χ0) is 11.3. The van der Waals surface area contributed by atoms with Crippen LogP contribution in [0.4, 0.5) is 5.82 Å². The number of nitriles is 1. The van der Waals surface area contributed by atoms with Gasteiger partial charge in [0.05, 0.1) is 5.69 Å². The highest BCUT2D eigenvalue weighted by molar-refractivity contribution is 7.99. The predicted octanol–water partition coefficient (Wildman–Crippen LogP) is 1.99. The molecule has 0 aliphatic rings. The average Bonchev–Trinajstić information content (AvgIpc) is 2.25. The molecule has 15 heavy (non-hydrogen) atoms. The lowest BCUT2D eigenvalue weighted by molar-refractivity contribution is 0.887. The Morgan fingerprint density at radius 1 is 1.40 bits per heavy atom. The number of rotatable bonds is 4. The number of hydrogen-bond donors (Lipinski definition) is 1. The lowest BCUT2D eigenvalue weighted by atomic mass is 10.2. The number of aryl methyl sites for hydroxylation is 1. The fourth-order valence-electron chi connectivity index (χ4n) is 1.14. The maximum Gasteiger partial charge on any atom is 0.189 e. The van der Waals surface area contributed by atoms with Gasteiger partial charge in [0.25, 0.3) is 0 Å². The maximum absolute atomic E-state index is 8.88. The minimum absolute atomic E-state index is 0.294. The summed E-state index contributed by atoms with van der Waals surface area (Å²) in [6, 6.07) is 2.04. The second-order valence-corrected chi connectivity index (χ2v) is 4.09. The Morgan fingerprint density at radius 2 is 2.13 bits per heavy atom. The van der Waals surface area contributed by atoms with Crippen molar-refractivity contribution >= 4 is 17.6 Å². The van der Waals surface area contributed by atoms with Crippen molar-refractivity contribution in [1.29, 1.82) is 5.26 Å². The molecule has 0 spiro atoms. The molecule has 0 saturated carbocycles. The summed E-state index contributed by atoms with van der Waals surface area (Å²) in [5.74, 6) is 1.26. The van der Waals surface area contributed by atoms with E-state index in [1.807, 2.05) is 13.0 Å². The highest BCUT2D eigenvalue weighted by Crippen LogP contribution is 2.20. The molecule has 1 rings (SSSR count). The smallest absolute Gasteiger partial charge is 0.189 e. The molecule has 1 aromatic heterocycles. The summed E-state index contributed by atoms with van der Waals surface area (Å²) in [6.07, 6.45) is 1.77. The Hall–Kier alpha value is -1.28. The van der Waals surface area contributed by atoms with Crippen LogP contribution in [-0.2, 0) is 6.42 Å². The Balaban J connectivity index is 3.04. The average molecular weight is 222 g/mol. The van der Waals surface area contributed by atoms with Gasteiger partial charge in [0, 0.05) is 5.75 Å². The van der Waals surface area contributed by atoms with E-state index in [-0.39, 0.29) is 0 Å². The number of aromatic nitrogens is 2. The molecule has 0 amide bonds. The summed E-state index contributed by atoms with van der Waals surface area (Å²) in [6.45, 7) is 4.05. The maximum atomic E-state index is 8.88. The first-order valence-electron chi connectivity index (χ1n) is 4.92. The zero-order valence-electron chi connectivity index (χ0n) is 8.95. The number of hydrogen-bond acceptors (Lipinski definition) is 5. The third kappa shape index (κ3) is 2.83. The first kappa shape index (κ1) is 11.8. The van der Waals surface area contributed by atoms with Crippen LogP contribution >= 0.6 is 11.8 Å². The molecule has 5 heteroatoms. The number of nitrogens with two attached hydrogens (primary N) is 1. The SMILES string of the molecule is CCCSc1nc(N)c(C#N)c(CC)n1. The van der Waals surface area contributed by atoms with Gasteiger partial charge in [-0.05, 0) is 12.8 Å². The molecule has 0 atom stereocenters. The van der Waals surface area contributed by atoms with Crippen LogP contribution in [0.15, 0.2) is 5.16 Å². The van der Waals surface area contributed by atoms with E-state index in [0.717, 1.165) is 17.9 Å². The van der Waals surface area contributed by atoms with Crippen molar-refractivity contribution in [1.82, 2.24) is 9.97 Å². The second kappa shape index (κ2) is 5.56. The van der Waals surface area contributed by atoms with E-state index in [9.17, 15) is 0 Å². The molecule has 1 aromatic rings. The monoisotopic (exact) mass is 222 g/mol. The van der Waals surface area contributed by atoms with Gasteiger partial charge < -0.3 is 5.73 Å². The van der Waals surface area contributed by atoms with Crippen molar-refractivity contribution in [3.05, 3.63) is 11.3 Å². The van der Waals surface area contributed by atoms with E-state index in [1.54, 1.807) is 11.8 Å². The molecule has 80 valence electrons. The predicted molar refractivity (Wildman–Crippen MR) is 61.6 cm³/mol. The van der Waals surface area contributed by atoms with Gasteiger partial charge in [-0.25, -0.2) is 9.97 Å². The second-order valence-electron chi connectivity index (χ2n) is 3.03. The third-order valence-electron chi connectivity index (χ3n) is 1.87. The highest BCUT2D eigenvalue weighted by atomic mass is 32.2. The molecule has 0 aromatic carbocycles. The topological polar surface area (TPSA) is 75.6 Å². The van der Waals surface area contributed by atoms with Crippen molar-refractivity contribution in [2.75, 3.05) is 11.5 Å². The lowest BCUT2D eigenvalue weighted by Gasteiger charge is -2.05. The van der Waals surface area contributed by atoms with E-state index in [4.69, 9.17) is 11.0 Å². The van der Waals surface area contributed by atoms with Gasteiger partial charge in [0.2, 0.25) is 0 Å². The molecular formula is C10H14N4S. The van der Waals surface area contributed by atoms with Gasteiger partial charge in [0.15, 0.2) is 5.16 Å². The van der Waals surface area contributed by atoms with Crippen molar-refractivity contribution in [2.45, 2.75) is 31.8 Å². The van der Waals surface area contributed by atoms with Crippen molar-refractivity contribution in [3.63, 3.8) is 0 Å². The number of thioether (sulfide) groups is 1. The van der Waals surface area contributed by atoms with Gasteiger partial charge in [-0.1, -0.05) is 25.6 Å². The van der Waals surface area contributed by atoms with Crippen molar-refractivity contribution in [3.8, 4) is 6.07 Å². The fourth-order valence-corrected chi connectivity index (χ4v) is 1.86. The molecular weight excluding hydrogens is 208 g/mol. The van der Waals surface area contributed by atoms with Gasteiger partial charge in [-0.3, -0.25) is 0 Å². The van der Waals surface area contributed by atoms with Crippen LogP contribution in [-0.4, -0.2) is 15.7 Å². The van der Waals surface area contributed by atoms with Gasteiger partial charge in [0.1, 0.15) is 17.5 Å². The Bertz CT molecular complexity index is 384. The van der Waals surface area contributed by atoms with Crippen LogP contribution in [0.1, 0.15) is 31.5 Å². The largest absolute Gasteiger partial charge is 0.382 e. The molecule has 0 radical (unpaired) electrons. The van der Waals surface area contributed by atoms with E-state index in [2.05, 4.69) is 16.9 Å². The molecule has 0 aliphatic heterocycles. The fraction of sp³-hybridized carbons (Fsp3) is 0.500. The van der Waals surface area contributed by atoms with Crippen LogP contribution < -0.4 is 5.73 Å². The van der Waals surface area contributed by atoms with Gasteiger partial charge in [-0.15, -0.1) is 0 Å². The van der Waals surface area contributed by atoms with E-state index in [0.29, 0.717) is 23.0 Å². The van der Waals surface area contributed by atoms with Crippen molar-refractivity contribution < 1.29 is 0 Å². The third-order valence-corrected chi connectivity index (χ3v) is 2.93. The summed E-state index contributed by atoms with van der Waals surface area (Å²) in [5, 5.41) is 9.55. The van der Waals surface area contributed by atoms with Gasteiger partial charge in [-0.2, -0.15) is 5.26 Å². The zero-order valence-corrected chi connectivity index (χ0v) is 9.77. The molecule has 2 N–H and O–H groups in total. The Morgan fingerprint density at radius 3 is 2.67 bits per heavy atom. The number of nitrogens with zero attached hydrogens (tertiary/aromatic N) is 3. The summed E-state index contributed by atoms with van der Waals surface area (Å²) < 4.78 is 0. The summed E-state index contributed by atoms with van der Waals surface area (Å²) >= 11 is 1.57. The molecule has 4 nitrogen and oxygen atoms in total. The molecule has 0 bridgehead atoms. The molecule has 0 fully saturated rings. The highest BCUT2D eigenvalue weighted by Gasteiger charge is 2.10. The number of nitrogen functional groups attached to an aromatic ring is 1. The Kier molecular flexibility index (Phi) is 4.37. The number of anilines is 1. The van der Waals surface area contributed by atoms with Crippen LogP contribution in [0, 0.1) is 11.3 Å². The van der Waals surface area contributed by atoms with Crippen LogP contribution in [0.3, 0.4) is 0 Å².